The summed E-state index contributed by atoms with van der Waals surface area (Å²) in [4.78, 5) is 42.3. The number of amides is 3. The van der Waals surface area contributed by atoms with Crippen molar-refractivity contribution >= 4 is 45.6 Å². The Morgan fingerprint density at radius 3 is 2.18 bits per heavy atom. The Bertz CT molecular complexity index is 1600. The van der Waals surface area contributed by atoms with Gasteiger partial charge in [-0.25, -0.2) is 10.3 Å². The molecule has 1 aliphatic heterocycles. The van der Waals surface area contributed by atoms with Gasteiger partial charge in [-0.05, 0) is 58.7 Å². The van der Waals surface area contributed by atoms with Crippen molar-refractivity contribution in [1.82, 2.24) is 5.43 Å². The molecule has 4 aliphatic rings. The SMILES string of the molecule is O=C(N/N=C\C12c3ccccc3C(c3ccccc31)[C@@H]1C(=O)N(c3ccc(Br)cc3)C(=O)[C@H]12)c1ccco1. The van der Waals surface area contributed by atoms with Crippen LogP contribution in [-0.4, -0.2) is 23.9 Å². The van der Waals surface area contributed by atoms with Crippen LogP contribution in [0.3, 0.4) is 0 Å². The third kappa shape index (κ3) is 3.01. The highest BCUT2D eigenvalue weighted by molar-refractivity contribution is 9.10. The number of hydrazone groups is 1. The lowest BCUT2D eigenvalue weighted by atomic mass is 9.47. The maximum atomic E-state index is 14.3. The standard InChI is InChI=1S/C30H20BrN3O4/c31-17-11-13-18(14-12-17)34-28(36)25-24-19-6-1-3-8-21(19)30(26(25)29(34)37,22-9-4-2-7-20(22)24)16-32-33-27(35)23-10-5-15-38-23/h1-16,24-26H,(H,33,35)/b32-16-/t24?,25-,26-,30?/m0/s1. The van der Waals surface area contributed by atoms with E-state index in [0.29, 0.717) is 5.69 Å². The third-order valence-electron chi connectivity index (χ3n) is 7.95. The second-order valence-electron chi connectivity index (χ2n) is 9.69. The number of benzene rings is 3. The van der Waals surface area contributed by atoms with Crippen LogP contribution in [0.1, 0.15) is 38.7 Å². The fourth-order valence-electron chi connectivity index (χ4n) is 6.55. The van der Waals surface area contributed by atoms with Crippen LogP contribution in [0.25, 0.3) is 0 Å². The van der Waals surface area contributed by atoms with Gasteiger partial charge in [0.25, 0.3) is 0 Å². The zero-order valence-corrected chi connectivity index (χ0v) is 21.5. The van der Waals surface area contributed by atoms with Crippen LogP contribution < -0.4 is 10.3 Å². The number of halogens is 1. The van der Waals surface area contributed by atoms with Gasteiger partial charge >= 0.3 is 5.91 Å². The van der Waals surface area contributed by atoms with E-state index >= 15 is 0 Å². The van der Waals surface area contributed by atoms with Crippen LogP contribution in [0, 0.1) is 11.8 Å². The molecule has 2 bridgehead atoms. The lowest BCUT2D eigenvalue weighted by Gasteiger charge is -2.52. The molecule has 0 radical (unpaired) electrons. The topological polar surface area (TPSA) is 92.0 Å². The van der Waals surface area contributed by atoms with Crippen molar-refractivity contribution < 1.29 is 18.8 Å². The first-order valence-electron chi connectivity index (χ1n) is 12.2. The number of carbonyl (C=O) groups excluding carboxylic acids is 3. The van der Waals surface area contributed by atoms with Gasteiger partial charge in [0.1, 0.15) is 0 Å². The smallest absolute Gasteiger partial charge is 0.307 e. The molecule has 3 amide bonds. The minimum Gasteiger partial charge on any atom is -0.459 e. The molecule has 2 heterocycles. The summed E-state index contributed by atoms with van der Waals surface area (Å²) in [5.74, 6) is -2.48. The number of hydrogen-bond donors (Lipinski definition) is 1. The van der Waals surface area contributed by atoms with Gasteiger partial charge in [-0.1, -0.05) is 64.5 Å². The van der Waals surface area contributed by atoms with E-state index in [-0.39, 0.29) is 23.5 Å². The number of rotatable bonds is 4. The average molecular weight is 566 g/mol. The molecule has 0 saturated carbocycles. The molecule has 3 aliphatic carbocycles. The molecule has 3 aromatic carbocycles. The first-order valence-corrected chi connectivity index (χ1v) is 13.0. The normalized spacial score (nSPS) is 24.9. The van der Waals surface area contributed by atoms with Gasteiger partial charge in [-0.3, -0.25) is 14.4 Å². The highest BCUT2D eigenvalue weighted by atomic mass is 79.9. The van der Waals surface area contributed by atoms with E-state index in [1.165, 1.54) is 11.2 Å². The molecule has 1 fully saturated rings. The number of imide groups is 1. The predicted molar refractivity (Wildman–Crippen MR) is 144 cm³/mol. The summed E-state index contributed by atoms with van der Waals surface area (Å²) < 4.78 is 6.04. The molecule has 1 saturated heterocycles. The molecule has 2 atom stereocenters. The fraction of sp³-hybridized carbons (Fsp3) is 0.133. The van der Waals surface area contributed by atoms with Gasteiger partial charge in [-0.15, -0.1) is 0 Å². The van der Waals surface area contributed by atoms with Crippen LogP contribution in [-0.2, 0) is 15.0 Å². The number of anilines is 1. The molecule has 1 aromatic heterocycles. The maximum Gasteiger partial charge on any atom is 0.307 e. The van der Waals surface area contributed by atoms with E-state index in [2.05, 4.69) is 26.5 Å². The summed E-state index contributed by atoms with van der Waals surface area (Å²) in [6.07, 6.45) is 3.05. The number of nitrogens with zero attached hydrogens (tertiary/aromatic N) is 2. The lowest BCUT2D eigenvalue weighted by molar-refractivity contribution is -0.122. The number of hydrogen-bond acceptors (Lipinski definition) is 5. The minimum absolute atomic E-state index is 0.124. The van der Waals surface area contributed by atoms with Crippen molar-refractivity contribution in [2.75, 3.05) is 4.90 Å². The van der Waals surface area contributed by atoms with E-state index in [0.717, 1.165) is 26.7 Å². The minimum atomic E-state index is -1.06. The second kappa shape index (κ2) is 8.36. The Labute approximate surface area is 226 Å². The number of furan rings is 1. The summed E-state index contributed by atoms with van der Waals surface area (Å²) >= 11 is 3.43. The molecular weight excluding hydrogens is 546 g/mol. The first-order chi connectivity index (χ1) is 18.5. The van der Waals surface area contributed by atoms with Crippen LogP contribution in [0.4, 0.5) is 5.69 Å². The lowest BCUT2D eigenvalue weighted by Crippen LogP contribution is -2.54. The van der Waals surface area contributed by atoms with Crippen LogP contribution >= 0.6 is 15.9 Å². The van der Waals surface area contributed by atoms with Gasteiger partial charge in [0.15, 0.2) is 5.76 Å². The summed E-state index contributed by atoms with van der Waals surface area (Å²) in [6.45, 7) is 0. The second-order valence-corrected chi connectivity index (χ2v) is 10.6. The van der Waals surface area contributed by atoms with E-state index in [1.807, 2.05) is 60.7 Å². The van der Waals surface area contributed by atoms with Crippen molar-refractivity contribution in [3.63, 3.8) is 0 Å². The highest BCUT2D eigenvalue weighted by Gasteiger charge is 2.68. The van der Waals surface area contributed by atoms with Gasteiger partial charge < -0.3 is 4.42 Å². The van der Waals surface area contributed by atoms with Crippen molar-refractivity contribution in [1.29, 1.82) is 0 Å². The first kappa shape index (κ1) is 22.9. The molecule has 38 heavy (non-hydrogen) atoms. The summed E-state index contributed by atoms with van der Waals surface area (Å²) in [5, 5.41) is 4.37. The summed E-state index contributed by atoms with van der Waals surface area (Å²) in [7, 11) is 0. The van der Waals surface area contributed by atoms with Gasteiger partial charge in [0, 0.05) is 16.6 Å². The molecule has 186 valence electrons. The molecule has 8 heteroatoms. The number of carbonyl (C=O) groups is 3. The Morgan fingerprint density at radius 1 is 0.895 bits per heavy atom. The highest BCUT2D eigenvalue weighted by Crippen LogP contribution is 2.63. The molecule has 4 aromatic rings. The monoisotopic (exact) mass is 565 g/mol. The molecular formula is C30H20BrN3O4. The van der Waals surface area contributed by atoms with Gasteiger partial charge in [0.2, 0.25) is 11.8 Å². The van der Waals surface area contributed by atoms with Crippen LogP contribution in [0.15, 0.2) is 105 Å². The maximum absolute atomic E-state index is 14.3. The summed E-state index contributed by atoms with van der Waals surface area (Å²) in [5.41, 5.74) is 5.85. The largest absolute Gasteiger partial charge is 0.459 e. The van der Waals surface area contributed by atoms with E-state index in [9.17, 15) is 14.4 Å². The van der Waals surface area contributed by atoms with Crippen LogP contribution in [0.5, 0.6) is 0 Å². The summed E-state index contributed by atoms with van der Waals surface area (Å²) in [6, 6.07) is 26.1. The Kier molecular flexibility index (Phi) is 5.03. The Balaban J connectivity index is 1.43. The van der Waals surface area contributed by atoms with E-state index in [1.54, 1.807) is 30.5 Å². The van der Waals surface area contributed by atoms with E-state index in [4.69, 9.17) is 4.42 Å². The third-order valence-corrected chi connectivity index (χ3v) is 8.48. The average Bonchev–Trinajstić information content (AvgIpc) is 3.57. The van der Waals surface area contributed by atoms with Crippen LogP contribution in [0.2, 0.25) is 0 Å². The fourth-order valence-corrected chi connectivity index (χ4v) is 6.81. The Morgan fingerprint density at radius 2 is 1.55 bits per heavy atom. The zero-order chi connectivity index (χ0) is 26.0. The van der Waals surface area contributed by atoms with Crippen molar-refractivity contribution in [3.05, 3.63) is 124 Å². The molecule has 7 nitrogen and oxygen atoms in total. The number of nitrogens with one attached hydrogen (secondary N) is 1. The van der Waals surface area contributed by atoms with Gasteiger partial charge in [0.05, 0.1) is 29.2 Å². The quantitative estimate of drug-likeness (QED) is 0.214. The van der Waals surface area contributed by atoms with E-state index < -0.39 is 23.2 Å². The molecule has 0 spiro atoms. The van der Waals surface area contributed by atoms with Gasteiger partial charge in [-0.2, -0.15) is 5.10 Å². The van der Waals surface area contributed by atoms with Crippen molar-refractivity contribution in [2.24, 2.45) is 16.9 Å². The van der Waals surface area contributed by atoms with Crippen molar-refractivity contribution in [2.45, 2.75) is 11.3 Å². The van der Waals surface area contributed by atoms with Crippen molar-refractivity contribution in [3.8, 4) is 0 Å². The predicted octanol–water partition coefficient (Wildman–Crippen LogP) is 5.01. The molecule has 1 N–H and O–H groups in total. The zero-order valence-electron chi connectivity index (χ0n) is 19.9. The molecule has 8 rings (SSSR count). The Hall–Kier alpha value is -4.30. The molecule has 0 unspecified atom stereocenters.